The zero-order chi connectivity index (χ0) is 18.9. The number of benzene rings is 2. The average Bonchev–Trinajstić information content (AvgIpc) is 2.73. The molecule has 0 fully saturated rings. The van der Waals surface area contributed by atoms with E-state index >= 15 is 0 Å². The van der Waals surface area contributed by atoms with Gasteiger partial charge in [-0.05, 0) is 30.3 Å². The van der Waals surface area contributed by atoms with Crippen LogP contribution >= 0.6 is 11.6 Å². The van der Waals surface area contributed by atoms with Crippen LogP contribution in [0.4, 0.5) is 10.1 Å². The van der Waals surface area contributed by atoms with Crippen molar-refractivity contribution in [3.63, 3.8) is 0 Å². The summed E-state index contributed by atoms with van der Waals surface area (Å²) in [5, 5.41) is 0.375. The van der Waals surface area contributed by atoms with Crippen LogP contribution < -0.4 is 4.90 Å². The summed E-state index contributed by atoms with van der Waals surface area (Å²) in [5.74, 6) is -1.52. The summed E-state index contributed by atoms with van der Waals surface area (Å²) in [6.45, 7) is 1.23. The number of anilines is 1. The Labute approximate surface area is 156 Å². The number of amides is 1. The third-order valence-corrected chi connectivity index (χ3v) is 5.84. The molecule has 1 heterocycles. The van der Waals surface area contributed by atoms with Crippen LogP contribution in [-0.4, -0.2) is 38.2 Å². The Morgan fingerprint density at radius 2 is 1.92 bits per heavy atom. The van der Waals surface area contributed by atoms with Gasteiger partial charge >= 0.3 is 0 Å². The molecule has 0 saturated heterocycles. The van der Waals surface area contributed by atoms with Crippen molar-refractivity contribution in [3.8, 4) is 0 Å². The Morgan fingerprint density at radius 3 is 2.62 bits per heavy atom. The van der Waals surface area contributed by atoms with Gasteiger partial charge in [-0.25, -0.2) is 12.8 Å². The van der Waals surface area contributed by atoms with Crippen molar-refractivity contribution in [1.82, 2.24) is 0 Å². The zero-order valence-electron chi connectivity index (χ0n) is 13.9. The van der Waals surface area contributed by atoms with Gasteiger partial charge in [0.05, 0.1) is 11.4 Å². The van der Waals surface area contributed by atoms with Gasteiger partial charge in [0.25, 0.3) is 0 Å². The van der Waals surface area contributed by atoms with Crippen molar-refractivity contribution in [1.29, 1.82) is 0 Å². The lowest BCUT2D eigenvalue weighted by Gasteiger charge is -2.23. The third-order valence-electron chi connectivity index (χ3n) is 4.07. The van der Waals surface area contributed by atoms with Crippen LogP contribution in [0.3, 0.4) is 0 Å². The van der Waals surface area contributed by atoms with Crippen LogP contribution in [0, 0.1) is 5.82 Å². The number of hydrogen-bond acceptors (Lipinski definition) is 4. The molecule has 1 aliphatic heterocycles. The number of aliphatic imine (C=N–C) groups is 1. The lowest BCUT2D eigenvalue weighted by atomic mass is 10.00. The van der Waals surface area contributed by atoms with Crippen LogP contribution in [0.2, 0.25) is 5.02 Å². The summed E-state index contributed by atoms with van der Waals surface area (Å²) < 4.78 is 38.5. The predicted molar refractivity (Wildman–Crippen MR) is 100 cm³/mol. The van der Waals surface area contributed by atoms with E-state index in [0.29, 0.717) is 16.3 Å². The molecule has 0 spiro atoms. The van der Waals surface area contributed by atoms with Crippen molar-refractivity contribution in [2.75, 3.05) is 23.1 Å². The minimum Gasteiger partial charge on any atom is -0.295 e. The van der Waals surface area contributed by atoms with Crippen molar-refractivity contribution in [2.45, 2.75) is 6.92 Å². The van der Waals surface area contributed by atoms with Crippen LogP contribution in [0.25, 0.3) is 0 Å². The molecule has 0 saturated carbocycles. The number of hydrogen-bond donors (Lipinski definition) is 0. The quantitative estimate of drug-likeness (QED) is 0.800. The molecule has 0 radical (unpaired) electrons. The SMILES string of the molecule is CCS(=O)(=O)CN1C(=O)CN=C(c2ccccc2F)c2cc(Cl)ccc21. The second kappa shape index (κ2) is 7.17. The first-order valence-corrected chi connectivity index (χ1v) is 10.1. The summed E-state index contributed by atoms with van der Waals surface area (Å²) in [7, 11) is -3.46. The van der Waals surface area contributed by atoms with E-state index in [1.807, 2.05) is 0 Å². The van der Waals surface area contributed by atoms with Crippen LogP contribution in [0.15, 0.2) is 47.5 Å². The summed E-state index contributed by atoms with van der Waals surface area (Å²) in [6, 6.07) is 10.8. The highest BCUT2D eigenvalue weighted by Crippen LogP contribution is 2.30. The van der Waals surface area contributed by atoms with Crippen LogP contribution in [-0.2, 0) is 14.6 Å². The number of fused-ring (bicyclic) bond motifs is 1. The number of carbonyl (C=O) groups excluding carboxylic acids is 1. The van der Waals surface area contributed by atoms with E-state index in [9.17, 15) is 17.6 Å². The summed E-state index contributed by atoms with van der Waals surface area (Å²) in [4.78, 5) is 18.0. The number of halogens is 2. The van der Waals surface area contributed by atoms with Crippen molar-refractivity contribution >= 4 is 38.7 Å². The van der Waals surface area contributed by atoms with Crippen molar-refractivity contribution in [3.05, 3.63) is 64.4 Å². The molecule has 2 aromatic carbocycles. The molecule has 1 amide bonds. The van der Waals surface area contributed by atoms with E-state index in [1.165, 1.54) is 17.9 Å². The highest BCUT2D eigenvalue weighted by Gasteiger charge is 2.29. The Kier molecular flexibility index (Phi) is 5.11. The van der Waals surface area contributed by atoms with E-state index < -0.39 is 27.4 Å². The minimum atomic E-state index is -3.46. The lowest BCUT2D eigenvalue weighted by Crippen LogP contribution is -2.37. The standard InChI is InChI=1S/C18H16ClFN2O3S/c1-2-26(24,25)11-22-16-8-7-12(19)9-14(16)18(21-10-17(22)23)13-5-3-4-6-15(13)20/h3-9H,2,10-11H2,1H3. The minimum absolute atomic E-state index is 0.0965. The topological polar surface area (TPSA) is 66.8 Å². The number of sulfone groups is 1. The highest BCUT2D eigenvalue weighted by molar-refractivity contribution is 7.91. The van der Waals surface area contributed by atoms with Gasteiger partial charge in [0, 0.05) is 21.9 Å². The lowest BCUT2D eigenvalue weighted by molar-refractivity contribution is -0.117. The van der Waals surface area contributed by atoms with Gasteiger partial charge in [0.1, 0.15) is 18.2 Å². The molecule has 8 heteroatoms. The predicted octanol–water partition coefficient (Wildman–Crippen LogP) is 3.06. The average molecular weight is 395 g/mol. The number of nitrogens with zero attached hydrogens (tertiary/aromatic N) is 2. The van der Waals surface area contributed by atoms with Gasteiger partial charge in [-0.2, -0.15) is 0 Å². The Bertz CT molecular complexity index is 1010. The van der Waals surface area contributed by atoms with E-state index in [-0.39, 0.29) is 23.6 Å². The first-order chi connectivity index (χ1) is 12.3. The fourth-order valence-electron chi connectivity index (χ4n) is 2.70. The molecule has 0 unspecified atom stereocenters. The summed E-state index contributed by atoms with van der Waals surface area (Å²) in [5.41, 5.74) is 1.25. The molecular formula is C18H16ClFN2O3S. The molecule has 136 valence electrons. The third kappa shape index (κ3) is 3.64. The number of benzodiazepines with no additional fused rings is 1. The maximum atomic E-state index is 14.3. The van der Waals surface area contributed by atoms with E-state index in [2.05, 4.69) is 4.99 Å². The van der Waals surface area contributed by atoms with Gasteiger partial charge in [0.2, 0.25) is 5.91 Å². The monoisotopic (exact) mass is 394 g/mol. The van der Waals surface area contributed by atoms with Crippen molar-refractivity contribution < 1.29 is 17.6 Å². The molecule has 0 atom stereocenters. The Morgan fingerprint density at radius 1 is 1.19 bits per heavy atom. The fourth-order valence-corrected chi connectivity index (χ4v) is 3.73. The molecule has 26 heavy (non-hydrogen) atoms. The summed E-state index contributed by atoms with van der Waals surface area (Å²) >= 11 is 6.10. The van der Waals surface area contributed by atoms with E-state index in [1.54, 1.807) is 36.4 Å². The van der Waals surface area contributed by atoms with Gasteiger partial charge in [-0.3, -0.25) is 14.7 Å². The van der Waals surface area contributed by atoms with Crippen LogP contribution in [0.1, 0.15) is 18.1 Å². The van der Waals surface area contributed by atoms with Gasteiger partial charge in [0.15, 0.2) is 9.84 Å². The molecule has 0 bridgehead atoms. The smallest absolute Gasteiger partial charge is 0.249 e. The molecule has 0 aromatic heterocycles. The van der Waals surface area contributed by atoms with Gasteiger partial charge < -0.3 is 0 Å². The second-order valence-electron chi connectivity index (χ2n) is 5.79. The normalized spacial score (nSPS) is 14.7. The molecular weight excluding hydrogens is 379 g/mol. The van der Waals surface area contributed by atoms with E-state index in [0.717, 1.165) is 0 Å². The largest absolute Gasteiger partial charge is 0.295 e. The number of carbonyl (C=O) groups is 1. The molecule has 3 rings (SSSR count). The van der Waals surface area contributed by atoms with Crippen molar-refractivity contribution in [2.24, 2.45) is 4.99 Å². The Hall–Kier alpha value is -2.25. The van der Waals surface area contributed by atoms with Gasteiger partial charge in [-0.1, -0.05) is 30.7 Å². The zero-order valence-corrected chi connectivity index (χ0v) is 15.5. The Balaban J connectivity index is 2.20. The molecule has 5 nitrogen and oxygen atoms in total. The second-order valence-corrected chi connectivity index (χ2v) is 8.55. The maximum Gasteiger partial charge on any atom is 0.249 e. The van der Waals surface area contributed by atoms with Crippen LogP contribution in [0.5, 0.6) is 0 Å². The molecule has 1 aliphatic rings. The number of rotatable bonds is 4. The first-order valence-electron chi connectivity index (χ1n) is 7.92. The molecule has 0 N–H and O–H groups in total. The van der Waals surface area contributed by atoms with Gasteiger partial charge in [-0.15, -0.1) is 0 Å². The first kappa shape index (κ1) is 18.5. The molecule has 0 aliphatic carbocycles. The highest BCUT2D eigenvalue weighted by atomic mass is 35.5. The fraction of sp³-hybridized carbons (Fsp3) is 0.222. The molecule has 2 aromatic rings. The maximum absolute atomic E-state index is 14.3. The van der Waals surface area contributed by atoms with E-state index in [4.69, 9.17) is 11.6 Å². The summed E-state index contributed by atoms with van der Waals surface area (Å²) in [6.07, 6.45) is 0.